The van der Waals surface area contributed by atoms with Crippen molar-refractivity contribution in [2.24, 2.45) is 5.90 Å². The molecule has 0 aromatic heterocycles. The van der Waals surface area contributed by atoms with Crippen LogP contribution in [0.2, 0.25) is 0 Å². The maximum atomic E-state index is 5.74. The van der Waals surface area contributed by atoms with Gasteiger partial charge in [0.05, 0.1) is 12.7 Å². The van der Waals surface area contributed by atoms with Gasteiger partial charge < -0.3 is 9.57 Å². The van der Waals surface area contributed by atoms with Gasteiger partial charge in [-0.1, -0.05) is 12.1 Å². The molecule has 1 aromatic rings. The van der Waals surface area contributed by atoms with Crippen molar-refractivity contribution >= 4 is 0 Å². The number of nitrogens with two attached hydrogens (primary N) is 1. The molecule has 1 heterocycles. The first kappa shape index (κ1) is 10.5. The minimum atomic E-state index is 0.343. The fourth-order valence-corrected chi connectivity index (χ4v) is 1.91. The predicted molar refractivity (Wildman–Crippen MR) is 58.7 cm³/mol. The molecule has 0 aliphatic carbocycles. The van der Waals surface area contributed by atoms with Gasteiger partial charge in [0.25, 0.3) is 0 Å². The Morgan fingerprint density at radius 3 is 3.20 bits per heavy atom. The zero-order valence-electron chi connectivity index (χ0n) is 9.03. The topological polar surface area (TPSA) is 44.5 Å². The summed E-state index contributed by atoms with van der Waals surface area (Å²) in [5.41, 5.74) is 2.57. The first-order chi connectivity index (χ1) is 7.29. The Balaban J connectivity index is 2.12. The number of benzene rings is 1. The third-order valence-corrected chi connectivity index (χ3v) is 2.78. The Morgan fingerprint density at radius 2 is 2.40 bits per heavy atom. The van der Waals surface area contributed by atoms with Crippen LogP contribution in [0, 0.1) is 0 Å². The zero-order chi connectivity index (χ0) is 10.7. The molecule has 1 atom stereocenters. The summed E-state index contributed by atoms with van der Waals surface area (Å²) in [6, 6.07) is 6.33. The van der Waals surface area contributed by atoms with Crippen LogP contribution in [-0.2, 0) is 17.7 Å². The quantitative estimate of drug-likeness (QED) is 0.769. The average molecular weight is 207 g/mol. The first-order valence-corrected chi connectivity index (χ1v) is 5.39. The monoisotopic (exact) mass is 207 g/mol. The summed E-state index contributed by atoms with van der Waals surface area (Å²) in [4.78, 5) is 4.58. The highest BCUT2D eigenvalue weighted by molar-refractivity contribution is 5.38. The van der Waals surface area contributed by atoms with Gasteiger partial charge in [-0.3, -0.25) is 0 Å². The van der Waals surface area contributed by atoms with Crippen LogP contribution >= 0.6 is 0 Å². The summed E-state index contributed by atoms with van der Waals surface area (Å²) < 4.78 is 5.74. The van der Waals surface area contributed by atoms with Crippen LogP contribution in [0.4, 0.5) is 0 Å². The second-order valence-corrected chi connectivity index (χ2v) is 4.03. The SMILES string of the molecule is CC1CCc2cc(CCON)ccc2O1. The van der Waals surface area contributed by atoms with Crippen LogP contribution in [-0.4, -0.2) is 12.7 Å². The highest BCUT2D eigenvalue weighted by Gasteiger charge is 2.15. The van der Waals surface area contributed by atoms with E-state index in [1.54, 1.807) is 0 Å². The molecule has 3 heteroatoms. The van der Waals surface area contributed by atoms with E-state index in [4.69, 9.17) is 10.6 Å². The Kier molecular flexibility index (Phi) is 3.23. The number of hydrogen-bond donors (Lipinski definition) is 1. The van der Waals surface area contributed by atoms with Crippen LogP contribution < -0.4 is 10.6 Å². The van der Waals surface area contributed by atoms with Crippen molar-refractivity contribution in [2.75, 3.05) is 6.61 Å². The zero-order valence-corrected chi connectivity index (χ0v) is 9.03. The lowest BCUT2D eigenvalue weighted by Crippen LogP contribution is -2.19. The molecule has 0 bridgehead atoms. The van der Waals surface area contributed by atoms with Gasteiger partial charge in [0.15, 0.2) is 0 Å². The minimum absolute atomic E-state index is 0.343. The lowest BCUT2D eigenvalue weighted by molar-refractivity contribution is 0.141. The molecule has 0 amide bonds. The Labute approximate surface area is 90.1 Å². The molecule has 82 valence electrons. The van der Waals surface area contributed by atoms with Gasteiger partial charge in [-0.15, -0.1) is 0 Å². The number of hydrogen-bond acceptors (Lipinski definition) is 3. The van der Waals surface area contributed by atoms with Crippen molar-refractivity contribution < 1.29 is 9.57 Å². The third kappa shape index (κ3) is 2.49. The van der Waals surface area contributed by atoms with Gasteiger partial charge >= 0.3 is 0 Å². The summed E-state index contributed by atoms with van der Waals surface area (Å²) >= 11 is 0. The number of rotatable bonds is 3. The molecule has 1 unspecified atom stereocenters. The van der Waals surface area contributed by atoms with E-state index in [1.807, 2.05) is 0 Å². The van der Waals surface area contributed by atoms with E-state index in [2.05, 4.69) is 30.0 Å². The van der Waals surface area contributed by atoms with Crippen LogP contribution in [0.3, 0.4) is 0 Å². The maximum absolute atomic E-state index is 5.74. The van der Waals surface area contributed by atoms with Gasteiger partial charge in [-0.25, -0.2) is 5.90 Å². The fourth-order valence-electron chi connectivity index (χ4n) is 1.91. The molecule has 1 aromatic carbocycles. The highest BCUT2D eigenvalue weighted by atomic mass is 16.6. The van der Waals surface area contributed by atoms with Gasteiger partial charge in [-0.2, -0.15) is 0 Å². The van der Waals surface area contributed by atoms with E-state index in [0.29, 0.717) is 12.7 Å². The molecule has 0 fully saturated rings. The van der Waals surface area contributed by atoms with E-state index in [-0.39, 0.29) is 0 Å². The van der Waals surface area contributed by atoms with Crippen molar-refractivity contribution in [1.82, 2.24) is 0 Å². The Hall–Kier alpha value is -1.06. The van der Waals surface area contributed by atoms with Crippen molar-refractivity contribution in [3.8, 4) is 5.75 Å². The van der Waals surface area contributed by atoms with Crippen molar-refractivity contribution in [3.05, 3.63) is 29.3 Å². The molecule has 15 heavy (non-hydrogen) atoms. The van der Waals surface area contributed by atoms with E-state index in [0.717, 1.165) is 25.0 Å². The molecule has 2 N–H and O–H groups in total. The van der Waals surface area contributed by atoms with Gasteiger partial charge in [0.1, 0.15) is 5.75 Å². The number of fused-ring (bicyclic) bond motifs is 1. The first-order valence-electron chi connectivity index (χ1n) is 5.39. The maximum Gasteiger partial charge on any atom is 0.122 e. The number of aryl methyl sites for hydroxylation is 1. The minimum Gasteiger partial charge on any atom is -0.490 e. The lowest BCUT2D eigenvalue weighted by Gasteiger charge is -2.23. The fraction of sp³-hybridized carbons (Fsp3) is 0.500. The number of ether oxygens (including phenoxy) is 1. The Bertz CT molecular complexity index is 338. The summed E-state index contributed by atoms with van der Waals surface area (Å²) in [6.07, 6.45) is 3.41. The van der Waals surface area contributed by atoms with Crippen LogP contribution in [0.25, 0.3) is 0 Å². The molecule has 0 saturated carbocycles. The standard InChI is InChI=1S/C12H17NO2/c1-9-2-4-11-8-10(6-7-14-13)3-5-12(11)15-9/h3,5,8-9H,2,4,6-7,13H2,1H3. The van der Waals surface area contributed by atoms with Crippen LogP contribution in [0.1, 0.15) is 24.5 Å². The molecule has 1 aliphatic rings. The molecular formula is C12H17NO2. The van der Waals surface area contributed by atoms with E-state index in [9.17, 15) is 0 Å². The molecule has 0 radical (unpaired) electrons. The molecule has 2 rings (SSSR count). The van der Waals surface area contributed by atoms with E-state index < -0.39 is 0 Å². The van der Waals surface area contributed by atoms with Gasteiger partial charge in [0, 0.05) is 0 Å². The predicted octanol–water partition coefficient (Wildman–Crippen LogP) is 1.83. The molecule has 0 spiro atoms. The molecule has 0 saturated heterocycles. The summed E-state index contributed by atoms with van der Waals surface area (Å²) in [5, 5.41) is 0. The summed E-state index contributed by atoms with van der Waals surface area (Å²) in [7, 11) is 0. The average Bonchev–Trinajstić information content (AvgIpc) is 2.26. The molecule has 1 aliphatic heterocycles. The van der Waals surface area contributed by atoms with E-state index in [1.165, 1.54) is 11.1 Å². The second-order valence-electron chi connectivity index (χ2n) is 4.03. The summed E-state index contributed by atoms with van der Waals surface area (Å²) in [5.74, 6) is 6.04. The van der Waals surface area contributed by atoms with Crippen molar-refractivity contribution in [1.29, 1.82) is 0 Å². The van der Waals surface area contributed by atoms with E-state index >= 15 is 0 Å². The normalized spacial score (nSPS) is 19.5. The molecule has 3 nitrogen and oxygen atoms in total. The largest absolute Gasteiger partial charge is 0.490 e. The van der Waals surface area contributed by atoms with Crippen molar-refractivity contribution in [2.45, 2.75) is 32.3 Å². The molecular weight excluding hydrogens is 190 g/mol. The van der Waals surface area contributed by atoms with Crippen molar-refractivity contribution in [3.63, 3.8) is 0 Å². The highest BCUT2D eigenvalue weighted by Crippen LogP contribution is 2.28. The lowest BCUT2D eigenvalue weighted by atomic mass is 9.99. The summed E-state index contributed by atoms with van der Waals surface area (Å²) in [6.45, 7) is 2.68. The smallest absolute Gasteiger partial charge is 0.122 e. The van der Waals surface area contributed by atoms with Crippen LogP contribution in [0.15, 0.2) is 18.2 Å². The van der Waals surface area contributed by atoms with Gasteiger partial charge in [0.2, 0.25) is 0 Å². The van der Waals surface area contributed by atoms with Crippen LogP contribution in [0.5, 0.6) is 5.75 Å². The van der Waals surface area contributed by atoms with Gasteiger partial charge in [-0.05, 0) is 43.4 Å². The second kappa shape index (κ2) is 4.64. The third-order valence-electron chi connectivity index (χ3n) is 2.78. The Morgan fingerprint density at radius 1 is 1.53 bits per heavy atom.